The van der Waals surface area contributed by atoms with E-state index < -0.39 is 8.32 Å². The van der Waals surface area contributed by atoms with Crippen LogP contribution in [-0.2, 0) is 4.43 Å². The zero-order valence-electron chi connectivity index (χ0n) is 12.4. The van der Waals surface area contributed by atoms with Crippen molar-refractivity contribution in [2.75, 3.05) is 0 Å². The average Bonchev–Trinajstić information content (AvgIpc) is 2.80. The fourth-order valence-electron chi connectivity index (χ4n) is 2.33. The molecule has 1 radical (unpaired) electrons. The van der Waals surface area contributed by atoms with Gasteiger partial charge in [-0.15, -0.1) is 0 Å². The van der Waals surface area contributed by atoms with Crippen LogP contribution in [0.15, 0.2) is 0 Å². The minimum absolute atomic E-state index is 0.279. The summed E-state index contributed by atoms with van der Waals surface area (Å²) in [4.78, 5) is 0. The standard InChI is InChI=1S/C14H29OSi/c1-11(12-9-10-12)15-16(8,13(2,3)4)14(5,6)7/h12H,9-10H2,1-8H3. The fourth-order valence-corrected chi connectivity index (χ4v) is 6.00. The molecule has 1 fully saturated rings. The van der Waals surface area contributed by atoms with Crippen LogP contribution in [0.25, 0.3) is 0 Å². The molecule has 95 valence electrons. The Labute approximate surface area is 103 Å². The van der Waals surface area contributed by atoms with Crippen LogP contribution in [-0.4, -0.2) is 8.32 Å². The van der Waals surface area contributed by atoms with Gasteiger partial charge in [0, 0.05) is 0 Å². The second-order valence-corrected chi connectivity index (χ2v) is 12.8. The van der Waals surface area contributed by atoms with Crippen LogP contribution >= 0.6 is 0 Å². The Balaban J connectivity index is 2.86. The van der Waals surface area contributed by atoms with Gasteiger partial charge in [-0.2, -0.15) is 0 Å². The summed E-state index contributed by atoms with van der Waals surface area (Å²) >= 11 is 0. The SMILES string of the molecule is C[C](O[Si](C)(C(C)(C)C)C(C)(C)C)C1CC1. The third kappa shape index (κ3) is 2.70. The van der Waals surface area contributed by atoms with Gasteiger partial charge in [0.1, 0.15) is 0 Å². The molecule has 0 saturated heterocycles. The van der Waals surface area contributed by atoms with Crippen LogP contribution in [0.5, 0.6) is 0 Å². The van der Waals surface area contributed by atoms with Crippen LogP contribution in [0, 0.1) is 12.0 Å². The molecule has 0 N–H and O–H groups in total. The van der Waals surface area contributed by atoms with E-state index >= 15 is 0 Å². The highest BCUT2D eigenvalue weighted by molar-refractivity contribution is 6.78. The Bertz CT molecular complexity index is 228. The summed E-state index contributed by atoms with van der Waals surface area (Å²) in [6, 6.07) is 0. The van der Waals surface area contributed by atoms with Crippen molar-refractivity contribution in [3.8, 4) is 0 Å². The first-order chi connectivity index (χ1) is 6.99. The van der Waals surface area contributed by atoms with E-state index in [9.17, 15) is 0 Å². The van der Waals surface area contributed by atoms with Gasteiger partial charge in [0.25, 0.3) is 0 Å². The van der Waals surface area contributed by atoms with Gasteiger partial charge in [0.2, 0.25) is 8.32 Å². The van der Waals surface area contributed by atoms with Gasteiger partial charge in [0.15, 0.2) is 0 Å². The summed E-state index contributed by atoms with van der Waals surface area (Å²) in [5, 5.41) is 0.558. The van der Waals surface area contributed by atoms with Crippen molar-refractivity contribution in [2.45, 2.75) is 77.9 Å². The Morgan fingerprint density at radius 2 is 1.38 bits per heavy atom. The highest BCUT2D eigenvalue weighted by Crippen LogP contribution is 2.54. The first-order valence-electron chi connectivity index (χ1n) is 6.51. The summed E-state index contributed by atoms with van der Waals surface area (Å²) in [5.74, 6) is 0.761. The van der Waals surface area contributed by atoms with Gasteiger partial charge in [0.05, 0.1) is 6.10 Å². The predicted molar refractivity (Wildman–Crippen MR) is 73.8 cm³/mol. The van der Waals surface area contributed by atoms with E-state index in [-0.39, 0.29) is 10.1 Å². The Kier molecular flexibility index (Phi) is 3.68. The maximum atomic E-state index is 6.55. The number of hydrogen-bond acceptors (Lipinski definition) is 1. The summed E-state index contributed by atoms with van der Waals surface area (Å²) in [6.45, 7) is 18.6. The summed E-state index contributed by atoms with van der Waals surface area (Å²) < 4.78 is 6.55. The lowest BCUT2D eigenvalue weighted by Gasteiger charge is -2.49. The topological polar surface area (TPSA) is 9.23 Å². The largest absolute Gasteiger partial charge is 0.408 e. The van der Waals surface area contributed by atoms with Crippen LogP contribution in [0.1, 0.15) is 61.3 Å². The molecule has 0 aromatic carbocycles. The predicted octanol–water partition coefficient (Wildman–Crippen LogP) is 5.14. The van der Waals surface area contributed by atoms with Crippen molar-refractivity contribution >= 4 is 8.32 Å². The quantitative estimate of drug-likeness (QED) is 0.622. The molecular weight excluding hydrogens is 212 g/mol. The molecule has 1 nitrogen and oxygen atoms in total. The number of hydrogen-bond donors (Lipinski definition) is 0. The van der Waals surface area contributed by atoms with E-state index in [1.165, 1.54) is 18.9 Å². The van der Waals surface area contributed by atoms with Gasteiger partial charge in [-0.3, -0.25) is 0 Å². The molecule has 0 bridgehead atoms. The van der Waals surface area contributed by atoms with Crippen molar-refractivity contribution in [3.05, 3.63) is 6.10 Å². The molecule has 1 aliphatic rings. The van der Waals surface area contributed by atoms with E-state index in [1.807, 2.05) is 0 Å². The maximum absolute atomic E-state index is 6.55. The second-order valence-electron chi connectivity index (χ2n) is 7.52. The first kappa shape index (κ1) is 14.2. The van der Waals surface area contributed by atoms with E-state index in [0.717, 1.165) is 5.92 Å². The lowest BCUT2D eigenvalue weighted by molar-refractivity contribution is 0.256. The van der Waals surface area contributed by atoms with Crippen molar-refractivity contribution < 1.29 is 4.43 Å². The third-order valence-electron chi connectivity index (χ3n) is 4.38. The first-order valence-corrected chi connectivity index (χ1v) is 8.92. The van der Waals surface area contributed by atoms with Crippen LogP contribution in [0.3, 0.4) is 0 Å². The van der Waals surface area contributed by atoms with Crippen molar-refractivity contribution in [1.29, 1.82) is 0 Å². The summed E-state index contributed by atoms with van der Waals surface area (Å²) in [7, 11) is -1.78. The minimum atomic E-state index is -1.78. The summed E-state index contributed by atoms with van der Waals surface area (Å²) in [5.41, 5.74) is 0. The molecule has 1 saturated carbocycles. The third-order valence-corrected chi connectivity index (χ3v) is 10.8. The van der Waals surface area contributed by atoms with E-state index in [4.69, 9.17) is 4.43 Å². The lowest BCUT2D eigenvalue weighted by Crippen LogP contribution is -2.52. The van der Waals surface area contributed by atoms with Crippen molar-refractivity contribution in [1.82, 2.24) is 0 Å². The second kappa shape index (κ2) is 4.13. The van der Waals surface area contributed by atoms with E-state index in [2.05, 4.69) is 55.0 Å². The van der Waals surface area contributed by atoms with Gasteiger partial charge < -0.3 is 4.43 Å². The number of rotatable bonds is 3. The monoisotopic (exact) mass is 241 g/mol. The van der Waals surface area contributed by atoms with Crippen LogP contribution < -0.4 is 0 Å². The Hall–Kier alpha value is 0.177. The molecule has 0 aromatic rings. The van der Waals surface area contributed by atoms with E-state index in [0.29, 0.717) is 0 Å². The molecule has 0 spiro atoms. The molecule has 1 rings (SSSR count). The highest BCUT2D eigenvalue weighted by atomic mass is 28.4. The Morgan fingerprint density at radius 3 is 1.62 bits per heavy atom. The van der Waals surface area contributed by atoms with Gasteiger partial charge >= 0.3 is 0 Å². The van der Waals surface area contributed by atoms with Crippen LogP contribution in [0.2, 0.25) is 16.6 Å². The Morgan fingerprint density at radius 1 is 1.00 bits per heavy atom. The van der Waals surface area contributed by atoms with E-state index in [1.54, 1.807) is 0 Å². The molecule has 0 unspecified atom stereocenters. The lowest BCUT2D eigenvalue weighted by atomic mass is 10.2. The minimum Gasteiger partial charge on any atom is -0.408 e. The van der Waals surface area contributed by atoms with Crippen molar-refractivity contribution in [3.63, 3.8) is 0 Å². The molecule has 0 heterocycles. The van der Waals surface area contributed by atoms with Gasteiger partial charge in [-0.1, -0.05) is 41.5 Å². The summed E-state index contributed by atoms with van der Waals surface area (Å²) in [6.07, 6.45) is 3.98. The molecule has 1 aliphatic carbocycles. The average molecular weight is 241 g/mol. The molecular formula is C14H29OSi. The van der Waals surface area contributed by atoms with Gasteiger partial charge in [-0.05, 0) is 42.3 Å². The maximum Gasteiger partial charge on any atom is 0.201 e. The molecule has 2 heteroatoms. The molecule has 0 amide bonds. The zero-order valence-corrected chi connectivity index (χ0v) is 13.4. The molecule has 0 atom stereocenters. The highest BCUT2D eigenvalue weighted by Gasteiger charge is 2.53. The normalized spacial score (nSPS) is 19.3. The molecule has 0 aromatic heterocycles. The van der Waals surface area contributed by atoms with Crippen molar-refractivity contribution in [2.24, 2.45) is 5.92 Å². The molecule has 0 aliphatic heterocycles. The van der Waals surface area contributed by atoms with Gasteiger partial charge in [-0.25, -0.2) is 0 Å². The smallest absolute Gasteiger partial charge is 0.201 e. The zero-order chi connectivity index (χ0) is 12.8. The fraction of sp³-hybridized carbons (Fsp3) is 0.929. The molecule has 16 heavy (non-hydrogen) atoms. The van der Waals surface area contributed by atoms with Crippen LogP contribution in [0.4, 0.5) is 0 Å².